The van der Waals surface area contributed by atoms with E-state index in [4.69, 9.17) is 0 Å². The van der Waals surface area contributed by atoms with Gasteiger partial charge in [-0.05, 0) is 50.7 Å². The lowest BCUT2D eigenvalue weighted by Crippen LogP contribution is -2.03. The highest BCUT2D eigenvalue weighted by molar-refractivity contribution is 5.93. The van der Waals surface area contributed by atoms with E-state index in [-0.39, 0.29) is 17.1 Å². The molecule has 3 N–H and O–H groups in total. The van der Waals surface area contributed by atoms with Gasteiger partial charge in [-0.2, -0.15) is 0 Å². The van der Waals surface area contributed by atoms with Crippen molar-refractivity contribution in [3.63, 3.8) is 0 Å². The predicted octanol–water partition coefficient (Wildman–Crippen LogP) is 6.99. The number of unbranched alkanes of at least 4 members (excludes halogenated alkanes) is 11. The molecule has 0 spiro atoms. The van der Waals surface area contributed by atoms with E-state index in [0.29, 0.717) is 12.0 Å². The molecular weight excluding hydrogens is 352 g/mol. The van der Waals surface area contributed by atoms with E-state index < -0.39 is 5.97 Å². The van der Waals surface area contributed by atoms with E-state index in [2.05, 4.69) is 19.1 Å². The molecule has 28 heavy (non-hydrogen) atoms. The molecule has 158 valence electrons. The van der Waals surface area contributed by atoms with Crippen LogP contribution in [0.5, 0.6) is 11.5 Å². The Morgan fingerprint density at radius 2 is 1.29 bits per heavy atom. The van der Waals surface area contributed by atoms with Crippen LogP contribution in [0.4, 0.5) is 0 Å². The Morgan fingerprint density at radius 3 is 1.86 bits per heavy atom. The van der Waals surface area contributed by atoms with Crippen LogP contribution in [0.3, 0.4) is 0 Å². The van der Waals surface area contributed by atoms with Gasteiger partial charge in [0.05, 0.1) is 0 Å². The number of aromatic hydroxyl groups is 2. The topological polar surface area (TPSA) is 77.8 Å². The standard InChI is InChI=1S/C24H38O4/c1-2-3-4-5-6-7-8-9-10-11-12-13-14-15-16-17-20-21(25)18-19-22(26)23(20)24(27)28/h7-8,18-19,25-26H,2-6,9-17H2,1H3,(H,27,28)/b8-7-. The van der Waals surface area contributed by atoms with Crippen LogP contribution in [0.15, 0.2) is 24.3 Å². The van der Waals surface area contributed by atoms with Crippen molar-refractivity contribution in [1.82, 2.24) is 0 Å². The average Bonchev–Trinajstić information content (AvgIpc) is 2.67. The van der Waals surface area contributed by atoms with Crippen LogP contribution in [0.25, 0.3) is 0 Å². The zero-order valence-corrected chi connectivity index (χ0v) is 17.5. The molecule has 0 amide bonds. The van der Waals surface area contributed by atoms with Gasteiger partial charge in [-0.15, -0.1) is 0 Å². The second-order valence-corrected chi connectivity index (χ2v) is 7.60. The quantitative estimate of drug-likeness (QED) is 0.161. The predicted molar refractivity (Wildman–Crippen MR) is 115 cm³/mol. The van der Waals surface area contributed by atoms with E-state index in [9.17, 15) is 20.1 Å². The highest BCUT2D eigenvalue weighted by Crippen LogP contribution is 2.30. The number of rotatable bonds is 16. The molecule has 0 aliphatic rings. The SMILES string of the molecule is CCCCCC/C=C\CCCCCCCCCc1c(O)ccc(O)c1C(=O)O. The number of allylic oxidation sites excluding steroid dienone is 2. The van der Waals surface area contributed by atoms with Crippen LogP contribution in [-0.4, -0.2) is 21.3 Å². The van der Waals surface area contributed by atoms with Crippen molar-refractivity contribution in [2.75, 3.05) is 0 Å². The van der Waals surface area contributed by atoms with Crippen LogP contribution in [0.2, 0.25) is 0 Å². The Labute approximate surface area is 170 Å². The van der Waals surface area contributed by atoms with Gasteiger partial charge in [0.15, 0.2) is 0 Å². The fraction of sp³-hybridized carbons (Fsp3) is 0.625. The molecule has 0 unspecified atom stereocenters. The molecule has 0 bridgehead atoms. The molecule has 1 aromatic rings. The lowest BCUT2D eigenvalue weighted by Gasteiger charge is -2.10. The van der Waals surface area contributed by atoms with E-state index in [1.165, 1.54) is 76.3 Å². The molecule has 1 rings (SSSR count). The third-order valence-electron chi connectivity index (χ3n) is 5.17. The summed E-state index contributed by atoms with van der Waals surface area (Å²) in [6.45, 7) is 2.24. The Hall–Kier alpha value is -1.97. The van der Waals surface area contributed by atoms with Crippen LogP contribution >= 0.6 is 0 Å². The van der Waals surface area contributed by atoms with Crippen molar-refractivity contribution < 1.29 is 20.1 Å². The van der Waals surface area contributed by atoms with Gasteiger partial charge in [0.25, 0.3) is 0 Å². The maximum atomic E-state index is 11.3. The molecule has 0 aliphatic heterocycles. The Morgan fingerprint density at radius 1 is 0.786 bits per heavy atom. The monoisotopic (exact) mass is 390 g/mol. The largest absolute Gasteiger partial charge is 0.508 e. The molecule has 0 saturated heterocycles. The van der Waals surface area contributed by atoms with E-state index >= 15 is 0 Å². The number of carboxylic acids is 1. The fourth-order valence-corrected chi connectivity index (χ4v) is 3.49. The fourth-order valence-electron chi connectivity index (χ4n) is 3.49. The lowest BCUT2D eigenvalue weighted by atomic mass is 9.98. The van der Waals surface area contributed by atoms with Crippen molar-refractivity contribution in [2.24, 2.45) is 0 Å². The minimum atomic E-state index is -1.20. The van der Waals surface area contributed by atoms with E-state index in [0.717, 1.165) is 19.3 Å². The van der Waals surface area contributed by atoms with Gasteiger partial charge < -0.3 is 15.3 Å². The average molecular weight is 391 g/mol. The van der Waals surface area contributed by atoms with Gasteiger partial charge in [-0.3, -0.25) is 0 Å². The first-order valence-electron chi connectivity index (χ1n) is 11.0. The van der Waals surface area contributed by atoms with Gasteiger partial charge >= 0.3 is 5.97 Å². The van der Waals surface area contributed by atoms with Gasteiger partial charge in [-0.1, -0.05) is 70.4 Å². The van der Waals surface area contributed by atoms with Crippen molar-refractivity contribution in [2.45, 2.75) is 96.8 Å². The van der Waals surface area contributed by atoms with Crippen LogP contribution < -0.4 is 0 Å². The number of carbonyl (C=O) groups is 1. The van der Waals surface area contributed by atoms with Crippen LogP contribution in [-0.2, 0) is 6.42 Å². The second-order valence-electron chi connectivity index (χ2n) is 7.60. The number of aromatic carboxylic acids is 1. The highest BCUT2D eigenvalue weighted by Gasteiger charge is 2.18. The van der Waals surface area contributed by atoms with Crippen molar-refractivity contribution in [3.8, 4) is 11.5 Å². The molecule has 0 aliphatic carbocycles. The van der Waals surface area contributed by atoms with Crippen molar-refractivity contribution >= 4 is 5.97 Å². The van der Waals surface area contributed by atoms with Gasteiger partial charge in [0.2, 0.25) is 0 Å². The zero-order valence-electron chi connectivity index (χ0n) is 17.5. The molecule has 0 fully saturated rings. The molecule has 1 aromatic carbocycles. The molecule has 0 saturated carbocycles. The van der Waals surface area contributed by atoms with Gasteiger partial charge in [0, 0.05) is 5.56 Å². The lowest BCUT2D eigenvalue weighted by molar-refractivity contribution is 0.0692. The zero-order chi connectivity index (χ0) is 20.6. The molecule has 0 atom stereocenters. The number of hydrogen-bond donors (Lipinski definition) is 3. The third-order valence-corrected chi connectivity index (χ3v) is 5.17. The Balaban J connectivity index is 2.07. The number of hydrogen-bond acceptors (Lipinski definition) is 3. The molecular formula is C24H38O4. The number of carboxylic acid groups (broad SMARTS) is 1. The molecule has 0 heterocycles. The first-order chi connectivity index (χ1) is 13.6. The second kappa shape index (κ2) is 15.0. The smallest absolute Gasteiger partial charge is 0.339 e. The third kappa shape index (κ3) is 9.82. The Bertz CT molecular complexity index is 593. The maximum Gasteiger partial charge on any atom is 0.339 e. The summed E-state index contributed by atoms with van der Waals surface area (Å²) in [5, 5.41) is 28.8. The summed E-state index contributed by atoms with van der Waals surface area (Å²) in [4.78, 5) is 11.3. The van der Waals surface area contributed by atoms with Gasteiger partial charge in [-0.25, -0.2) is 4.79 Å². The number of phenolic OH excluding ortho intramolecular Hbond substituents is 1. The molecule has 4 nitrogen and oxygen atoms in total. The normalized spacial score (nSPS) is 11.3. The van der Waals surface area contributed by atoms with Gasteiger partial charge in [0.1, 0.15) is 17.1 Å². The summed E-state index contributed by atoms with van der Waals surface area (Å²) < 4.78 is 0. The van der Waals surface area contributed by atoms with E-state index in [1.807, 2.05) is 0 Å². The summed E-state index contributed by atoms with van der Waals surface area (Å²) in [5.74, 6) is -1.53. The number of phenols is 2. The minimum absolute atomic E-state index is 0.0476. The summed E-state index contributed by atoms with van der Waals surface area (Å²) in [5.41, 5.74) is 0.174. The number of benzene rings is 1. The highest BCUT2D eigenvalue weighted by atomic mass is 16.4. The Kier molecular flexibility index (Phi) is 12.9. The minimum Gasteiger partial charge on any atom is -0.508 e. The first kappa shape index (κ1) is 24.1. The summed E-state index contributed by atoms with van der Waals surface area (Å²) in [6.07, 6.45) is 20.7. The summed E-state index contributed by atoms with van der Waals surface area (Å²) >= 11 is 0. The molecule has 0 radical (unpaired) electrons. The first-order valence-corrected chi connectivity index (χ1v) is 11.0. The summed E-state index contributed by atoms with van der Waals surface area (Å²) in [7, 11) is 0. The van der Waals surface area contributed by atoms with E-state index in [1.54, 1.807) is 0 Å². The molecule has 0 aromatic heterocycles. The van der Waals surface area contributed by atoms with Crippen molar-refractivity contribution in [1.29, 1.82) is 0 Å². The maximum absolute atomic E-state index is 11.3. The molecule has 4 heteroatoms. The van der Waals surface area contributed by atoms with Crippen LogP contribution in [0.1, 0.15) is 106 Å². The van der Waals surface area contributed by atoms with Crippen molar-refractivity contribution in [3.05, 3.63) is 35.4 Å². The summed E-state index contributed by atoms with van der Waals surface area (Å²) in [6, 6.07) is 2.58. The van der Waals surface area contributed by atoms with Crippen LogP contribution in [0, 0.1) is 0 Å².